The first-order valence-corrected chi connectivity index (χ1v) is 6.83. The molecule has 1 atom stereocenters. The SMILES string of the molecule is CCc1ccc2c(c1)N(C)C(C(N)=O)S2(=O)=O. The molecule has 5 nitrogen and oxygen atoms in total. The lowest BCUT2D eigenvalue weighted by molar-refractivity contribution is -0.117. The number of amides is 1. The van der Waals surface area contributed by atoms with E-state index in [1.54, 1.807) is 25.2 Å². The molecular weight excluding hydrogens is 240 g/mol. The summed E-state index contributed by atoms with van der Waals surface area (Å²) in [7, 11) is -2.10. The number of anilines is 1. The van der Waals surface area contributed by atoms with E-state index in [9.17, 15) is 13.2 Å². The van der Waals surface area contributed by atoms with Crippen LogP contribution in [0.5, 0.6) is 0 Å². The molecule has 92 valence electrons. The maximum absolute atomic E-state index is 12.1. The average molecular weight is 254 g/mol. The predicted octanol–water partition coefficient (Wildman–Crippen LogP) is 0.284. The van der Waals surface area contributed by atoms with Crippen LogP contribution in [-0.2, 0) is 21.1 Å². The van der Waals surface area contributed by atoms with Crippen LogP contribution < -0.4 is 10.6 Å². The number of primary amides is 1. The van der Waals surface area contributed by atoms with Gasteiger partial charge in [-0.3, -0.25) is 4.79 Å². The van der Waals surface area contributed by atoms with E-state index in [4.69, 9.17) is 5.73 Å². The van der Waals surface area contributed by atoms with E-state index < -0.39 is 21.1 Å². The Hall–Kier alpha value is -1.56. The van der Waals surface area contributed by atoms with Crippen LogP contribution in [0.25, 0.3) is 0 Å². The second kappa shape index (κ2) is 3.73. The van der Waals surface area contributed by atoms with Crippen molar-refractivity contribution >= 4 is 21.4 Å². The molecule has 0 saturated heterocycles. The molecule has 0 bridgehead atoms. The van der Waals surface area contributed by atoms with E-state index >= 15 is 0 Å². The molecule has 0 spiro atoms. The molecule has 6 heteroatoms. The number of nitrogens with two attached hydrogens (primary N) is 1. The Morgan fingerprint density at radius 3 is 2.65 bits per heavy atom. The minimum Gasteiger partial charge on any atom is -0.367 e. The standard InChI is InChI=1S/C11H14N2O3S/c1-3-7-4-5-9-8(6-7)13(2)11(10(12)14)17(9,15)16/h4-6,11H,3H2,1-2H3,(H2,12,14). The van der Waals surface area contributed by atoms with Crippen molar-refractivity contribution in [2.45, 2.75) is 23.6 Å². The summed E-state index contributed by atoms with van der Waals surface area (Å²) in [4.78, 5) is 12.9. The van der Waals surface area contributed by atoms with E-state index in [1.807, 2.05) is 6.92 Å². The number of aryl methyl sites for hydroxylation is 1. The number of likely N-dealkylation sites (N-methyl/N-ethyl adjacent to an activating group) is 1. The van der Waals surface area contributed by atoms with Crippen LogP contribution in [0.4, 0.5) is 5.69 Å². The Bertz CT molecular complexity index is 580. The lowest BCUT2D eigenvalue weighted by Crippen LogP contribution is -2.43. The van der Waals surface area contributed by atoms with Crippen LogP contribution in [-0.4, -0.2) is 26.7 Å². The van der Waals surface area contributed by atoms with Gasteiger partial charge in [0, 0.05) is 7.05 Å². The molecule has 0 fully saturated rings. The van der Waals surface area contributed by atoms with Gasteiger partial charge in [0.1, 0.15) is 0 Å². The highest BCUT2D eigenvalue weighted by atomic mass is 32.2. The summed E-state index contributed by atoms with van der Waals surface area (Å²) in [5.74, 6) is -0.846. The lowest BCUT2D eigenvalue weighted by atomic mass is 10.1. The molecule has 17 heavy (non-hydrogen) atoms. The lowest BCUT2D eigenvalue weighted by Gasteiger charge is -2.17. The van der Waals surface area contributed by atoms with Gasteiger partial charge in [-0.25, -0.2) is 8.42 Å². The van der Waals surface area contributed by atoms with Crippen LogP contribution >= 0.6 is 0 Å². The highest BCUT2D eigenvalue weighted by molar-refractivity contribution is 7.93. The van der Waals surface area contributed by atoms with E-state index in [0.717, 1.165) is 12.0 Å². The Morgan fingerprint density at radius 2 is 2.12 bits per heavy atom. The van der Waals surface area contributed by atoms with Crippen molar-refractivity contribution in [3.63, 3.8) is 0 Å². The van der Waals surface area contributed by atoms with E-state index in [1.165, 1.54) is 4.90 Å². The fraction of sp³-hybridized carbons (Fsp3) is 0.364. The summed E-state index contributed by atoms with van der Waals surface area (Å²) in [6.45, 7) is 1.98. The van der Waals surface area contributed by atoms with Crippen LogP contribution in [0.3, 0.4) is 0 Å². The van der Waals surface area contributed by atoms with Crippen LogP contribution in [0.15, 0.2) is 23.1 Å². The molecule has 2 N–H and O–H groups in total. The van der Waals surface area contributed by atoms with Gasteiger partial charge in [0.05, 0.1) is 10.6 Å². The van der Waals surface area contributed by atoms with Gasteiger partial charge in [0.25, 0.3) is 5.91 Å². The van der Waals surface area contributed by atoms with Crippen molar-refractivity contribution in [3.05, 3.63) is 23.8 Å². The first-order valence-electron chi connectivity index (χ1n) is 5.28. The number of fused-ring (bicyclic) bond motifs is 1. The number of hydrogen-bond donors (Lipinski definition) is 1. The van der Waals surface area contributed by atoms with Gasteiger partial charge >= 0.3 is 0 Å². The molecule has 0 aliphatic carbocycles. The Labute approximate surface area is 100 Å². The molecule has 1 aromatic carbocycles. The van der Waals surface area contributed by atoms with Crippen molar-refractivity contribution < 1.29 is 13.2 Å². The Balaban J connectivity index is 2.66. The summed E-state index contributed by atoms with van der Waals surface area (Å²) in [5, 5.41) is -1.29. The zero-order valence-corrected chi connectivity index (χ0v) is 10.5. The molecule has 1 unspecified atom stereocenters. The van der Waals surface area contributed by atoms with Gasteiger partial charge in [-0.15, -0.1) is 0 Å². The number of sulfone groups is 1. The molecule has 1 heterocycles. The van der Waals surface area contributed by atoms with Gasteiger partial charge in [0.15, 0.2) is 0 Å². The minimum atomic E-state index is -3.67. The number of benzene rings is 1. The van der Waals surface area contributed by atoms with Crippen molar-refractivity contribution in [3.8, 4) is 0 Å². The zero-order chi connectivity index (χ0) is 12.8. The van der Waals surface area contributed by atoms with Crippen molar-refractivity contribution in [2.75, 3.05) is 11.9 Å². The average Bonchev–Trinajstić information content (AvgIpc) is 2.46. The minimum absolute atomic E-state index is 0.181. The number of rotatable bonds is 2. The molecule has 2 rings (SSSR count). The highest BCUT2D eigenvalue weighted by Gasteiger charge is 2.44. The first kappa shape index (κ1) is 11.9. The van der Waals surface area contributed by atoms with E-state index in [2.05, 4.69) is 0 Å². The highest BCUT2D eigenvalue weighted by Crippen LogP contribution is 2.37. The number of carbonyl (C=O) groups excluding carboxylic acids is 1. The quantitative estimate of drug-likeness (QED) is 0.822. The third kappa shape index (κ3) is 1.59. The number of hydrogen-bond acceptors (Lipinski definition) is 4. The summed E-state index contributed by atoms with van der Waals surface area (Å²) in [6.07, 6.45) is 0.808. The van der Waals surface area contributed by atoms with Crippen molar-refractivity contribution in [1.29, 1.82) is 0 Å². The monoisotopic (exact) mass is 254 g/mol. The zero-order valence-electron chi connectivity index (χ0n) is 9.67. The molecule has 1 aromatic rings. The fourth-order valence-corrected chi connectivity index (χ4v) is 3.93. The molecule has 1 aliphatic heterocycles. The normalized spacial score (nSPS) is 21.3. The molecular formula is C11H14N2O3S. The van der Waals surface area contributed by atoms with Crippen LogP contribution in [0.1, 0.15) is 12.5 Å². The number of carbonyl (C=O) groups is 1. The molecule has 0 radical (unpaired) electrons. The molecule has 1 aliphatic rings. The second-order valence-electron chi connectivity index (χ2n) is 4.07. The summed E-state index contributed by atoms with van der Waals surface area (Å²) < 4.78 is 24.2. The van der Waals surface area contributed by atoms with Crippen LogP contribution in [0, 0.1) is 0 Å². The smallest absolute Gasteiger partial charge is 0.256 e. The molecule has 1 amide bonds. The maximum Gasteiger partial charge on any atom is 0.256 e. The van der Waals surface area contributed by atoms with Crippen molar-refractivity contribution in [1.82, 2.24) is 0 Å². The maximum atomic E-state index is 12.1. The van der Waals surface area contributed by atoms with Gasteiger partial charge in [-0.1, -0.05) is 13.0 Å². The van der Waals surface area contributed by atoms with Gasteiger partial charge in [0.2, 0.25) is 15.2 Å². The van der Waals surface area contributed by atoms with Gasteiger partial charge in [-0.05, 0) is 24.1 Å². The number of nitrogens with zero attached hydrogens (tertiary/aromatic N) is 1. The topological polar surface area (TPSA) is 80.5 Å². The fourth-order valence-electron chi connectivity index (χ4n) is 2.10. The molecule has 0 saturated carbocycles. The van der Waals surface area contributed by atoms with E-state index in [-0.39, 0.29) is 4.90 Å². The van der Waals surface area contributed by atoms with Crippen molar-refractivity contribution in [2.24, 2.45) is 5.73 Å². The summed E-state index contributed by atoms with van der Waals surface area (Å²) >= 11 is 0. The van der Waals surface area contributed by atoms with Gasteiger partial charge < -0.3 is 10.6 Å². The summed E-state index contributed by atoms with van der Waals surface area (Å²) in [5.41, 5.74) is 6.73. The first-order chi connectivity index (χ1) is 7.89. The largest absolute Gasteiger partial charge is 0.367 e. The molecule has 0 aromatic heterocycles. The second-order valence-corrected chi connectivity index (χ2v) is 6.04. The van der Waals surface area contributed by atoms with Crippen LogP contribution in [0.2, 0.25) is 0 Å². The van der Waals surface area contributed by atoms with E-state index in [0.29, 0.717) is 5.69 Å². The third-order valence-corrected chi connectivity index (χ3v) is 5.10. The Kier molecular flexibility index (Phi) is 2.61. The summed E-state index contributed by atoms with van der Waals surface area (Å²) in [6, 6.07) is 5.09. The predicted molar refractivity (Wildman–Crippen MR) is 64.4 cm³/mol. The Morgan fingerprint density at radius 1 is 1.47 bits per heavy atom. The van der Waals surface area contributed by atoms with Gasteiger partial charge in [-0.2, -0.15) is 0 Å². The third-order valence-electron chi connectivity index (χ3n) is 3.01.